The normalized spacial score (nSPS) is 10.6. The Labute approximate surface area is 181 Å². The van der Waals surface area contributed by atoms with Gasteiger partial charge in [0.15, 0.2) is 0 Å². The van der Waals surface area contributed by atoms with Gasteiger partial charge in [0.05, 0.1) is 38.1 Å². The van der Waals surface area contributed by atoms with Gasteiger partial charge >= 0.3 is 0 Å². The summed E-state index contributed by atoms with van der Waals surface area (Å²) in [6, 6.07) is 16.4. The molecule has 30 heavy (non-hydrogen) atoms. The summed E-state index contributed by atoms with van der Waals surface area (Å²) in [5, 5.41) is 7.57. The molecule has 2 heterocycles. The first-order chi connectivity index (χ1) is 14.6. The van der Waals surface area contributed by atoms with Gasteiger partial charge in [0.1, 0.15) is 21.8 Å². The van der Waals surface area contributed by atoms with Gasteiger partial charge in [0.25, 0.3) is 5.91 Å². The molecule has 0 spiro atoms. The van der Waals surface area contributed by atoms with Crippen molar-refractivity contribution < 1.29 is 18.7 Å². The lowest BCUT2D eigenvalue weighted by molar-refractivity contribution is 0.102. The average Bonchev–Trinajstić information content (AvgIpc) is 3.44. The highest BCUT2D eigenvalue weighted by atomic mass is 79.9. The van der Waals surface area contributed by atoms with Gasteiger partial charge in [-0.2, -0.15) is 5.10 Å². The number of nitrogens with one attached hydrogen (secondary N) is 1. The van der Waals surface area contributed by atoms with Gasteiger partial charge in [0.2, 0.25) is 0 Å². The quantitative estimate of drug-likeness (QED) is 0.423. The molecule has 1 amide bonds. The van der Waals surface area contributed by atoms with Crippen LogP contribution >= 0.6 is 15.9 Å². The van der Waals surface area contributed by atoms with E-state index in [9.17, 15) is 4.79 Å². The summed E-state index contributed by atoms with van der Waals surface area (Å²) in [5.74, 6) is 1.18. The second-order valence-electron chi connectivity index (χ2n) is 6.32. The number of anilines is 1. The van der Waals surface area contributed by atoms with E-state index >= 15 is 0 Å². The number of para-hydroxylation sites is 1. The Bertz CT molecular complexity index is 1150. The zero-order valence-electron chi connectivity index (χ0n) is 16.3. The van der Waals surface area contributed by atoms with Gasteiger partial charge in [0, 0.05) is 17.2 Å². The Kier molecular flexibility index (Phi) is 5.58. The van der Waals surface area contributed by atoms with E-state index in [1.165, 1.54) is 14.2 Å². The Hall–Kier alpha value is -3.52. The van der Waals surface area contributed by atoms with Crippen LogP contribution in [0.4, 0.5) is 5.82 Å². The second kappa shape index (κ2) is 8.46. The highest BCUT2D eigenvalue weighted by Crippen LogP contribution is 2.36. The van der Waals surface area contributed by atoms with Gasteiger partial charge in [-0.1, -0.05) is 18.2 Å². The smallest absolute Gasteiger partial charge is 0.257 e. The number of rotatable bonds is 6. The molecule has 8 heteroatoms. The summed E-state index contributed by atoms with van der Waals surface area (Å²) < 4.78 is 18.2. The number of hydrogen-bond acceptors (Lipinski definition) is 5. The minimum Gasteiger partial charge on any atom is -0.495 e. The number of methoxy groups -OCH3 is 2. The molecule has 4 rings (SSSR count). The zero-order chi connectivity index (χ0) is 21.1. The summed E-state index contributed by atoms with van der Waals surface area (Å²) in [6.07, 6.45) is 3.18. The first-order valence-corrected chi connectivity index (χ1v) is 9.81. The van der Waals surface area contributed by atoms with Crippen LogP contribution in [0.15, 0.2) is 76.0 Å². The highest BCUT2D eigenvalue weighted by molar-refractivity contribution is 9.10. The highest BCUT2D eigenvalue weighted by Gasteiger charge is 2.18. The van der Waals surface area contributed by atoms with Crippen LogP contribution in [0.25, 0.3) is 16.9 Å². The number of nitrogens with zero attached hydrogens (tertiary/aromatic N) is 2. The van der Waals surface area contributed by atoms with Gasteiger partial charge in [-0.05, 0) is 46.3 Å². The molecule has 7 nitrogen and oxygen atoms in total. The number of amides is 1. The van der Waals surface area contributed by atoms with E-state index in [4.69, 9.17) is 13.9 Å². The van der Waals surface area contributed by atoms with Crippen LogP contribution in [0.5, 0.6) is 11.5 Å². The summed E-state index contributed by atoms with van der Waals surface area (Å²) in [5.41, 5.74) is 2.69. The molecular weight excluding hydrogens is 450 g/mol. The Balaban J connectivity index is 1.73. The van der Waals surface area contributed by atoms with Crippen LogP contribution in [0.2, 0.25) is 0 Å². The summed E-state index contributed by atoms with van der Waals surface area (Å²) >= 11 is 3.41. The first-order valence-electron chi connectivity index (χ1n) is 9.01. The molecule has 4 aromatic rings. The number of carbonyl (C=O) groups excluding carboxylic acids is 1. The van der Waals surface area contributed by atoms with Gasteiger partial charge < -0.3 is 19.2 Å². The maximum Gasteiger partial charge on any atom is 0.257 e. The van der Waals surface area contributed by atoms with Crippen LogP contribution in [0.1, 0.15) is 10.4 Å². The van der Waals surface area contributed by atoms with Gasteiger partial charge in [-0.25, -0.2) is 4.68 Å². The van der Waals surface area contributed by atoms with Gasteiger partial charge in [-0.3, -0.25) is 4.79 Å². The monoisotopic (exact) mass is 467 g/mol. The lowest BCUT2D eigenvalue weighted by Crippen LogP contribution is -2.15. The molecule has 152 valence electrons. The molecule has 0 atom stereocenters. The molecular formula is C22H18BrN3O4. The molecule has 1 N–H and O–H groups in total. The third-order valence-corrected chi connectivity index (χ3v) is 5.26. The van der Waals surface area contributed by atoms with Crippen molar-refractivity contribution in [2.24, 2.45) is 0 Å². The van der Waals surface area contributed by atoms with Crippen LogP contribution in [0, 0.1) is 0 Å². The van der Waals surface area contributed by atoms with Gasteiger partial charge in [-0.15, -0.1) is 0 Å². The molecule has 2 aromatic carbocycles. The maximum absolute atomic E-state index is 13.0. The van der Waals surface area contributed by atoms with Crippen LogP contribution in [-0.4, -0.2) is 29.9 Å². The van der Waals surface area contributed by atoms with E-state index in [0.29, 0.717) is 33.0 Å². The van der Waals surface area contributed by atoms with Crippen LogP contribution in [-0.2, 0) is 0 Å². The molecule has 2 aromatic heterocycles. The molecule has 0 unspecified atom stereocenters. The number of hydrogen-bond donors (Lipinski definition) is 1. The number of benzene rings is 2. The molecule has 0 aliphatic rings. The molecule has 0 fully saturated rings. The van der Waals surface area contributed by atoms with Crippen molar-refractivity contribution in [3.63, 3.8) is 0 Å². The van der Waals surface area contributed by atoms with E-state index in [-0.39, 0.29) is 5.91 Å². The maximum atomic E-state index is 13.0. The summed E-state index contributed by atoms with van der Waals surface area (Å²) in [7, 11) is 3.06. The predicted molar refractivity (Wildman–Crippen MR) is 116 cm³/mol. The van der Waals surface area contributed by atoms with Crippen molar-refractivity contribution in [2.75, 3.05) is 19.5 Å². The summed E-state index contributed by atoms with van der Waals surface area (Å²) in [4.78, 5) is 13.0. The van der Waals surface area contributed by atoms with Crippen LogP contribution in [0.3, 0.4) is 0 Å². The number of carbonyl (C=O) groups is 1. The topological polar surface area (TPSA) is 78.5 Å². The molecule has 0 saturated carbocycles. The molecule has 0 bridgehead atoms. The number of ether oxygens (including phenoxy) is 2. The van der Waals surface area contributed by atoms with E-state index in [1.54, 1.807) is 35.4 Å². The third kappa shape index (κ3) is 3.81. The Morgan fingerprint density at radius 3 is 2.37 bits per heavy atom. The number of furan rings is 1. The predicted octanol–water partition coefficient (Wildman–Crippen LogP) is 5.16. The van der Waals surface area contributed by atoms with Crippen molar-refractivity contribution in [3.8, 4) is 28.4 Å². The standard InChI is InChI=1S/C22H18BrN3O4/c1-28-18-10-15(11-19(29-2)21(18)23)22(27)24-20-12-17(14-8-9-30-13-14)25-26(20)16-6-4-3-5-7-16/h3-13H,1-2H3,(H,24,27). The molecule has 0 aliphatic heterocycles. The van der Waals surface area contributed by atoms with Crippen molar-refractivity contribution in [1.82, 2.24) is 9.78 Å². The minimum absolute atomic E-state index is 0.324. The average molecular weight is 468 g/mol. The van der Waals surface area contributed by atoms with Crippen molar-refractivity contribution in [3.05, 3.63) is 77.2 Å². The van der Waals surface area contributed by atoms with E-state index in [2.05, 4.69) is 26.3 Å². The second-order valence-corrected chi connectivity index (χ2v) is 7.12. The van der Waals surface area contributed by atoms with Crippen molar-refractivity contribution >= 4 is 27.7 Å². The summed E-state index contributed by atoms with van der Waals surface area (Å²) in [6.45, 7) is 0. The van der Waals surface area contributed by atoms with E-state index < -0.39 is 0 Å². The van der Waals surface area contributed by atoms with E-state index in [1.807, 2.05) is 36.4 Å². The fourth-order valence-electron chi connectivity index (χ4n) is 2.98. The number of halogens is 1. The molecule has 0 aliphatic carbocycles. The van der Waals surface area contributed by atoms with E-state index in [0.717, 1.165) is 11.3 Å². The number of aromatic nitrogens is 2. The first kappa shape index (κ1) is 19.8. The Morgan fingerprint density at radius 1 is 1.07 bits per heavy atom. The lowest BCUT2D eigenvalue weighted by Gasteiger charge is -2.12. The minimum atomic E-state index is -0.324. The van der Waals surface area contributed by atoms with Crippen molar-refractivity contribution in [1.29, 1.82) is 0 Å². The van der Waals surface area contributed by atoms with Crippen molar-refractivity contribution in [2.45, 2.75) is 0 Å². The van der Waals surface area contributed by atoms with Crippen LogP contribution < -0.4 is 14.8 Å². The SMILES string of the molecule is COc1cc(C(=O)Nc2cc(-c3ccoc3)nn2-c2ccccc2)cc(OC)c1Br. The lowest BCUT2D eigenvalue weighted by atomic mass is 10.2. The fourth-order valence-corrected chi connectivity index (χ4v) is 3.53. The zero-order valence-corrected chi connectivity index (χ0v) is 17.8. The fraction of sp³-hybridized carbons (Fsp3) is 0.0909. The third-order valence-electron chi connectivity index (χ3n) is 4.48. The molecule has 0 saturated heterocycles. The largest absolute Gasteiger partial charge is 0.495 e. The Morgan fingerprint density at radius 2 is 1.77 bits per heavy atom. The molecule has 0 radical (unpaired) electrons.